The van der Waals surface area contributed by atoms with Gasteiger partial charge < -0.3 is 14.4 Å². The van der Waals surface area contributed by atoms with Gasteiger partial charge in [-0.05, 0) is 56.2 Å². The second-order valence-electron chi connectivity index (χ2n) is 7.34. The van der Waals surface area contributed by atoms with E-state index in [9.17, 15) is 18.0 Å². The van der Waals surface area contributed by atoms with Crippen molar-refractivity contribution in [1.29, 1.82) is 0 Å². The molecule has 0 saturated carbocycles. The summed E-state index contributed by atoms with van der Waals surface area (Å²) in [6.07, 6.45) is 2.10. The van der Waals surface area contributed by atoms with Gasteiger partial charge in [-0.15, -0.1) is 0 Å². The number of sulfonamides is 1. The lowest BCUT2D eigenvalue weighted by atomic mass is 10.1. The molecule has 1 aromatic carbocycles. The van der Waals surface area contributed by atoms with Gasteiger partial charge >= 0.3 is 11.9 Å². The van der Waals surface area contributed by atoms with Crippen molar-refractivity contribution in [3.05, 3.63) is 53.2 Å². The number of ether oxygens (including phenoxy) is 2. The van der Waals surface area contributed by atoms with E-state index in [4.69, 9.17) is 9.47 Å². The average Bonchev–Trinajstić information content (AvgIpc) is 3.05. The summed E-state index contributed by atoms with van der Waals surface area (Å²) in [5.41, 5.74) is 1.18. The molecule has 0 spiro atoms. The maximum atomic E-state index is 13.3. The fourth-order valence-corrected chi connectivity index (χ4v) is 5.27. The summed E-state index contributed by atoms with van der Waals surface area (Å²) in [6.45, 7) is 5.47. The molecule has 9 nitrogen and oxygen atoms in total. The molecule has 10 heteroatoms. The molecule has 0 N–H and O–H groups in total. The number of pyridine rings is 1. The lowest BCUT2D eigenvalue weighted by Gasteiger charge is -2.23. The number of carbonyl (C=O) groups excluding carboxylic acids is 2. The first-order valence-corrected chi connectivity index (χ1v) is 11.8. The molecule has 3 rings (SSSR count). The summed E-state index contributed by atoms with van der Waals surface area (Å²) in [5.74, 6) is -0.256. The van der Waals surface area contributed by atoms with Crippen LogP contribution in [0.3, 0.4) is 0 Å². The van der Waals surface area contributed by atoms with Gasteiger partial charge in [-0.3, -0.25) is 0 Å². The molecule has 0 unspecified atom stereocenters. The zero-order valence-electron chi connectivity index (χ0n) is 18.4. The largest absolute Gasteiger partial charge is 0.465 e. The predicted molar refractivity (Wildman–Crippen MR) is 118 cm³/mol. The van der Waals surface area contributed by atoms with Gasteiger partial charge in [0.1, 0.15) is 5.82 Å². The minimum atomic E-state index is -3.72. The minimum Gasteiger partial charge on any atom is -0.465 e. The van der Waals surface area contributed by atoms with Crippen molar-refractivity contribution in [2.45, 2.75) is 25.2 Å². The summed E-state index contributed by atoms with van der Waals surface area (Å²) in [4.78, 5) is 30.0. The number of rotatable bonds is 6. The molecule has 1 fully saturated rings. The summed E-state index contributed by atoms with van der Waals surface area (Å²) in [5, 5.41) is 0. The van der Waals surface area contributed by atoms with Gasteiger partial charge in [0, 0.05) is 32.4 Å². The molecule has 1 saturated heterocycles. The monoisotopic (exact) mass is 461 g/mol. The Hall–Kier alpha value is -2.98. The summed E-state index contributed by atoms with van der Waals surface area (Å²) in [6, 6.07) is 7.84. The number of esters is 2. The summed E-state index contributed by atoms with van der Waals surface area (Å²) >= 11 is 0. The molecule has 2 aromatic rings. The molecule has 32 heavy (non-hydrogen) atoms. The quantitative estimate of drug-likeness (QED) is 0.603. The first kappa shape index (κ1) is 23.7. The number of anilines is 1. The molecule has 1 aromatic heterocycles. The van der Waals surface area contributed by atoms with Gasteiger partial charge in [0.05, 0.1) is 29.7 Å². The normalized spacial score (nSPS) is 15.2. The summed E-state index contributed by atoms with van der Waals surface area (Å²) < 4.78 is 37.7. The van der Waals surface area contributed by atoms with E-state index in [0.29, 0.717) is 61.7 Å². The molecule has 0 radical (unpaired) electrons. The van der Waals surface area contributed by atoms with Crippen molar-refractivity contribution in [2.75, 3.05) is 44.8 Å². The molecule has 0 atom stereocenters. The highest BCUT2D eigenvalue weighted by molar-refractivity contribution is 7.89. The number of nitrogens with zero attached hydrogens (tertiary/aromatic N) is 3. The molecule has 1 aliphatic rings. The van der Waals surface area contributed by atoms with Crippen LogP contribution in [0.1, 0.15) is 39.6 Å². The van der Waals surface area contributed by atoms with E-state index in [1.54, 1.807) is 26.0 Å². The number of benzene rings is 1. The van der Waals surface area contributed by atoms with Crippen molar-refractivity contribution >= 4 is 27.8 Å². The Bertz CT molecular complexity index is 1090. The van der Waals surface area contributed by atoms with Crippen molar-refractivity contribution in [3.8, 4) is 0 Å². The highest BCUT2D eigenvalue weighted by Gasteiger charge is 2.29. The Morgan fingerprint density at radius 3 is 2.41 bits per heavy atom. The Morgan fingerprint density at radius 1 is 1.03 bits per heavy atom. The van der Waals surface area contributed by atoms with E-state index in [1.807, 2.05) is 4.90 Å². The Balaban J connectivity index is 1.73. The van der Waals surface area contributed by atoms with E-state index in [1.165, 1.54) is 35.8 Å². The minimum absolute atomic E-state index is 0.176. The maximum absolute atomic E-state index is 13.3. The SMILES string of the molecule is CCOC(=O)c1ccc(N2CCCN(S(=O)(=O)c3ccc(C(=O)OC)cc3C)CC2)nc1. The number of aromatic nitrogens is 1. The highest BCUT2D eigenvalue weighted by atomic mass is 32.2. The van der Waals surface area contributed by atoms with Crippen LogP contribution in [0.4, 0.5) is 5.82 Å². The third-order valence-corrected chi connectivity index (χ3v) is 7.31. The molecule has 0 amide bonds. The molecule has 0 bridgehead atoms. The zero-order valence-corrected chi connectivity index (χ0v) is 19.2. The van der Waals surface area contributed by atoms with Crippen LogP contribution in [0.5, 0.6) is 0 Å². The van der Waals surface area contributed by atoms with Crippen molar-refractivity contribution < 1.29 is 27.5 Å². The average molecular weight is 462 g/mol. The number of carbonyl (C=O) groups is 2. The van der Waals surface area contributed by atoms with Gasteiger partial charge in [0.25, 0.3) is 0 Å². The van der Waals surface area contributed by atoms with Crippen molar-refractivity contribution in [2.24, 2.45) is 0 Å². The van der Waals surface area contributed by atoms with E-state index >= 15 is 0 Å². The second-order valence-corrected chi connectivity index (χ2v) is 9.25. The third-order valence-electron chi connectivity index (χ3n) is 5.25. The van der Waals surface area contributed by atoms with Crippen molar-refractivity contribution in [3.63, 3.8) is 0 Å². The van der Waals surface area contributed by atoms with Gasteiger partial charge in [0.15, 0.2) is 0 Å². The predicted octanol–water partition coefficient (Wildman–Crippen LogP) is 2.25. The van der Waals surface area contributed by atoms with Gasteiger partial charge in [-0.2, -0.15) is 4.31 Å². The van der Waals surface area contributed by atoms with Crippen LogP contribution in [0.2, 0.25) is 0 Å². The maximum Gasteiger partial charge on any atom is 0.339 e. The van der Waals surface area contributed by atoms with E-state index < -0.39 is 22.0 Å². The van der Waals surface area contributed by atoms with Crippen LogP contribution in [-0.4, -0.2) is 69.5 Å². The van der Waals surface area contributed by atoms with Gasteiger partial charge in [0.2, 0.25) is 10.0 Å². The van der Waals surface area contributed by atoms with Crippen LogP contribution in [0.15, 0.2) is 41.4 Å². The first-order valence-electron chi connectivity index (χ1n) is 10.3. The Morgan fingerprint density at radius 2 is 1.78 bits per heavy atom. The van der Waals surface area contributed by atoms with Crippen LogP contribution >= 0.6 is 0 Å². The van der Waals surface area contributed by atoms with E-state index in [2.05, 4.69) is 4.98 Å². The topological polar surface area (TPSA) is 106 Å². The van der Waals surface area contributed by atoms with Crippen LogP contribution < -0.4 is 4.90 Å². The van der Waals surface area contributed by atoms with Crippen LogP contribution in [0.25, 0.3) is 0 Å². The van der Waals surface area contributed by atoms with Crippen LogP contribution in [0, 0.1) is 6.92 Å². The highest BCUT2D eigenvalue weighted by Crippen LogP contribution is 2.24. The van der Waals surface area contributed by atoms with Gasteiger partial charge in [-0.1, -0.05) is 0 Å². The first-order chi connectivity index (χ1) is 15.3. The Labute approximate surface area is 188 Å². The number of hydrogen-bond donors (Lipinski definition) is 0. The van der Waals surface area contributed by atoms with Crippen molar-refractivity contribution in [1.82, 2.24) is 9.29 Å². The zero-order chi connectivity index (χ0) is 23.3. The standard InChI is InChI=1S/C22H27N3O6S/c1-4-31-22(27)18-7-9-20(23-15-18)24-10-5-11-25(13-12-24)32(28,29)19-8-6-17(14-16(19)2)21(26)30-3/h6-9,14-15H,4-5,10-13H2,1-3H3. The lowest BCUT2D eigenvalue weighted by molar-refractivity contribution is 0.0525. The third kappa shape index (κ3) is 5.08. The molecule has 172 valence electrons. The van der Waals surface area contributed by atoms with E-state index in [-0.39, 0.29) is 4.90 Å². The molecule has 2 heterocycles. The summed E-state index contributed by atoms with van der Waals surface area (Å²) in [7, 11) is -2.44. The molecular weight excluding hydrogens is 434 g/mol. The van der Waals surface area contributed by atoms with Gasteiger partial charge in [-0.25, -0.2) is 23.0 Å². The van der Waals surface area contributed by atoms with E-state index in [0.717, 1.165) is 0 Å². The molecule has 0 aliphatic carbocycles. The number of methoxy groups -OCH3 is 1. The molecule has 1 aliphatic heterocycles. The van der Waals surface area contributed by atoms with Crippen LogP contribution in [-0.2, 0) is 19.5 Å². The number of hydrogen-bond acceptors (Lipinski definition) is 8. The smallest absolute Gasteiger partial charge is 0.339 e. The fraction of sp³-hybridized carbons (Fsp3) is 0.409. The number of aryl methyl sites for hydroxylation is 1. The fourth-order valence-electron chi connectivity index (χ4n) is 3.59. The second kappa shape index (κ2) is 10.1. The molecular formula is C22H27N3O6S. The Kier molecular flexibility index (Phi) is 7.47. The lowest BCUT2D eigenvalue weighted by Crippen LogP contribution is -2.35.